The Kier molecular flexibility index (Phi) is 42.9. The van der Waals surface area contributed by atoms with Crippen LogP contribution in [0.25, 0.3) is 0 Å². The molecule has 2 fully saturated rings. The fourth-order valence-electron chi connectivity index (χ4n) is 9.29. The topological polar surface area (TPSA) is 228 Å². The molecular formula is C62H107NO13. The van der Waals surface area contributed by atoms with Crippen LogP contribution in [0.1, 0.15) is 206 Å². The van der Waals surface area contributed by atoms with E-state index in [1.54, 1.807) is 6.08 Å². The Morgan fingerprint density at radius 3 is 1.39 bits per heavy atom. The first-order chi connectivity index (χ1) is 37.1. The zero-order valence-electron chi connectivity index (χ0n) is 47.0. The molecule has 14 nitrogen and oxygen atoms in total. The average Bonchev–Trinajstić information content (AvgIpc) is 3.42. The minimum Gasteiger partial charge on any atom is -0.394 e. The van der Waals surface area contributed by atoms with Crippen LogP contribution in [0.4, 0.5) is 0 Å². The van der Waals surface area contributed by atoms with Gasteiger partial charge in [-0.05, 0) is 70.6 Å². The van der Waals surface area contributed by atoms with Crippen LogP contribution in [0.2, 0.25) is 0 Å². The second-order valence-electron chi connectivity index (χ2n) is 20.7. The Morgan fingerprint density at radius 1 is 0.487 bits per heavy atom. The maximum Gasteiger partial charge on any atom is 0.220 e. The Bertz CT molecular complexity index is 1600. The van der Waals surface area contributed by atoms with Crippen molar-refractivity contribution in [3.63, 3.8) is 0 Å². The third-order valence-corrected chi connectivity index (χ3v) is 14.1. The molecule has 2 aliphatic rings. The standard InChI is InChI=1S/C62H107NO13/c1-3-5-7-9-11-13-15-17-19-21-23-24-25-26-28-30-32-34-36-38-40-42-44-46-54(67)63-50(51(66)45-43-41-39-37-35-33-31-29-27-22-20-18-16-14-12-10-8-6-4-2)49-73-61-59(72)57(70)60(53(48-65)75-61)76-62-58(71)56(69)55(68)52(47-64)74-62/h5,7,11,13,17,19,23-24,26,28,32,34,43,45,50-53,55-62,64-66,68-72H,3-4,6,8-10,12,14-16,18,20-22,25,27,29-31,33,35-42,44,46-49H2,1-2H3,(H,63,67)/b7-5-,13-11-,19-17-,24-23-,28-26-,34-32-,45-43+. The minimum atomic E-state index is -1.79. The summed E-state index contributed by atoms with van der Waals surface area (Å²) < 4.78 is 22.8. The molecule has 2 saturated heterocycles. The van der Waals surface area contributed by atoms with Crippen LogP contribution < -0.4 is 5.32 Å². The van der Waals surface area contributed by atoms with Gasteiger partial charge in [-0.3, -0.25) is 4.79 Å². The monoisotopic (exact) mass is 1070 g/mol. The number of carbonyl (C=O) groups is 1. The molecule has 12 unspecified atom stereocenters. The number of carbonyl (C=O) groups excluding carboxylic acids is 1. The van der Waals surface area contributed by atoms with Crippen molar-refractivity contribution in [1.29, 1.82) is 0 Å². The van der Waals surface area contributed by atoms with Crippen molar-refractivity contribution in [2.45, 2.75) is 280 Å². The molecule has 0 aromatic rings. The highest BCUT2D eigenvalue weighted by Gasteiger charge is 2.51. The van der Waals surface area contributed by atoms with Gasteiger partial charge in [0.2, 0.25) is 5.91 Å². The number of aliphatic hydroxyl groups is 8. The number of nitrogens with one attached hydrogen (secondary N) is 1. The van der Waals surface area contributed by atoms with Crippen molar-refractivity contribution in [2.75, 3.05) is 19.8 Å². The second kappa shape index (κ2) is 47.0. The number of hydrogen-bond donors (Lipinski definition) is 9. The summed E-state index contributed by atoms with van der Waals surface area (Å²) in [5.41, 5.74) is 0. The Labute approximate surface area is 459 Å². The van der Waals surface area contributed by atoms with E-state index in [9.17, 15) is 45.6 Å². The van der Waals surface area contributed by atoms with E-state index in [4.69, 9.17) is 18.9 Å². The van der Waals surface area contributed by atoms with Crippen LogP contribution in [0.3, 0.4) is 0 Å². The van der Waals surface area contributed by atoms with E-state index in [1.165, 1.54) is 96.3 Å². The quantitative estimate of drug-likeness (QED) is 0.0205. The first-order valence-corrected chi connectivity index (χ1v) is 29.8. The summed E-state index contributed by atoms with van der Waals surface area (Å²) in [5.74, 6) is -0.266. The van der Waals surface area contributed by atoms with E-state index < -0.39 is 86.8 Å². The molecule has 14 heteroatoms. The lowest BCUT2D eigenvalue weighted by Crippen LogP contribution is -2.65. The minimum absolute atomic E-state index is 0.247. The van der Waals surface area contributed by atoms with Crippen LogP contribution in [0, 0.1) is 0 Å². The fourth-order valence-corrected chi connectivity index (χ4v) is 9.29. The lowest BCUT2D eigenvalue weighted by atomic mass is 9.97. The largest absolute Gasteiger partial charge is 0.394 e. The molecule has 0 spiro atoms. The van der Waals surface area contributed by atoms with Crippen molar-refractivity contribution >= 4 is 5.91 Å². The molecule has 0 aliphatic carbocycles. The van der Waals surface area contributed by atoms with Crippen molar-refractivity contribution in [3.05, 3.63) is 85.1 Å². The Balaban J connectivity index is 1.80. The SMILES string of the molecule is CC/C=C\C/C=C\C/C=C\C/C=C\C/C=C\C/C=C\CCCCCCC(=O)NC(COC1OC(CO)C(OC2OC(CO)C(O)C(O)C2O)C(O)C1O)C(O)/C=C/CCCCCCCCCCCCCCCCCCC. The third-order valence-electron chi connectivity index (χ3n) is 14.1. The zero-order chi connectivity index (χ0) is 55.3. The maximum atomic E-state index is 13.3. The van der Waals surface area contributed by atoms with Gasteiger partial charge < -0.3 is 65.1 Å². The Hall–Kier alpha value is -2.83. The summed E-state index contributed by atoms with van der Waals surface area (Å²) in [6.07, 6.45) is 46.1. The van der Waals surface area contributed by atoms with Gasteiger partial charge >= 0.3 is 0 Å². The summed E-state index contributed by atoms with van der Waals surface area (Å²) in [6, 6.07) is -0.934. The summed E-state index contributed by atoms with van der Waals surface area (Å²) in [7, 11) is 0. The Morgan fingerprint density at radius 2 is 0.908 bits per heavy atom. The molecule has 0 aromatic heterocycles. The second-order valence-corrected chi connectivity index (χ2v) is 20.7. The number of aliphatic hydroxyl groups excluding tert-OH is 8. The highest BCUT2D eigenvalue weighted by Crippen LogP contribution is 2.30. The highest BCUT2D eigenvalue weighted by atomic mass is 16.7. The summed E-state index contributed by atoms with van der Waals surface area (Å²) >= 11 is 0. The third kappa shape index (κ3) is 32.3. The van der Waals surface area contributed by atoms with Crippen LogP contribution in [-0.4, -0.2) is 140 Å². The first-order valence-electron chi connectivity index (χ1n) is 29.8. The van der Waals surface area contributed by atoms with Gasteiger partial charge in [0, 0.05) is 6.42 Å². The van der Waals surface area contributed by atoms with E-state index in [-0.39, 0.29) is 18.9 Å². The van der Waals surface area contributed by atoms with E-state index >= 15 is 0 Å². The van der Waals surface area contributed by atoms with E-state index in [2.05, 4.69) is 92.1 Å². The number of hydrogen-bond acceptors (Lipinski definition) is 13. The van der Waals surface area contributed by atoms with Gasteiger partial charge in [-0.15, -0.1) is 0 Å². The van der Waals surface area contributed by atoms with Gasteiger partial charge in [-0.1, -0.05) is 214 Å². The molecular weight excluding hydrogens is 967 g/mol. The zero-order valence-corrected chi connectivity index (χ0v) is 47.0. The van der Waals surface area contributed by atoms with Gasteiger partial charge in [0.25, 0.3) is 0 Å². The number of allylic oxidation sites excluding steroid dienone is 13. The molecule has 438 valence electrons. The van der Waals surface area contributed by atoms with Gasteiger partial charge in [-0.25, -0.2) is 0 Å². The van der Waals surface area contributed by atoms with E-state index in [1.807, 2.05) is 6.08 Å². The molecule has 0 aromatic carbocycles. The molecule has 2 rings (SSSR count). The van der Waals surface area contributed by atoms with E-state index in [0.717, 1.165) is 83.5 Å². The average molecular weight is 1070 g/mol. The van der Waals surface area contributed by atoms with Crippen molar-refractivity contribution < 1.29 is 64.6 Å². The lowest BCUT2D eigenvalue weighted by molar-refractivity contribution is -0.359. The fraction of sp³-hybridized carbons (Fsp3) is 0.758. The molecule has 12 atom stereocenters. The van der Waals surface area contributed by atoms with Gasteiger partial charge in [-0.2, -0.15) is 0 Å². The maximum absolute atomic E-state index is 13.3. The molecule has 2 aliphatic heterocycles. The number of rotatable bonds is 46. The summed E-state index contributed by atoms with van der Waals surface area (Å²) in [4.78, 5) is 13.3. The summed E-state index contributed by atoms with van der Waals surface area (Å²) in [5, 5.41) is 87.1. The smallest absolute Gasteiger partial charge is 0.220 e. The molecule has 9 N–H and O–H groups in total. The van der Waals surface area contributed by atoms with Crippen molar-refractivity contribution in [2.24, 2.45) is 0 Å². The highest BCUT2D eigenvalue weighted by molar-refractivity contribution is 5.76. The van der Waals surface area contributed by atoms with Crippen molar-refractivity contribution in [3.8, 4) is 0 Å². The molecule has 0 radical (unpaired) electrons. The molecule has 0 bridgehead atoms. The van der Waals surface area contributed by atoms with Gasteiger partial charge in [0.1, 0.15) is 48.8 Å². The van der Waals surface area contributed by atoms with Gasteiger partial charge in [0.05, 0.1) is 32.0 Å². The predicted molar refractivity (Wildman–Crippen MR) is 304 cm³/mol. The molecule has 0 saturated carbocycles. The normalized spacial score (nSPS) is 25.5. The van der Waals surface area contributed by atoms with Crippen LogP contribution >= 0.6 is 0 Å². The number of unbranched alkanes of at least 4 members (excludes halogenated alkanes) is 21. The van der Waals surface area contributed by atoms with Crippen LogP contribution in [0.5, 0.6) is 0 Å². The number of ether oxygens (including phenoxy) is 4. The van der Waals surface area contributed by atoms with E-state index in [0.29, 0.717) is 6.42 Å². The molecule has 76 heavy (non-hydrogen) atoms. The predicted octanol–water partition coefficient (Wildman–Crippen LogP) is 10.1. The van der Waals surface area contributed by atoms with Crippen LogP contribution in [-0.2, 0) is 23.7 Å². The van der Waals surface area contributed by atoms with Crippen molar-refractivity contribution in [1.82, 2.24) is 5.32 Å². The first kappa shape index (κ1) is 69.3. The van der Waals surface area contributed by atoms with Gasteiger partial charge in [0.15, 0.2) is 12.6 Å². The lowest BCUT2D eigenvalue weighted by Gasteiger charge is -2.46. The molecule has 2 heterocycles. The molecule has 1 amide bonds. The number of amides is 1. The summed E-state index contributed by atoms with van der Waals surface area (Å²) in [6.45, 7) is 2.66. The van der Waals surface area contributed by atoms with Crippen LogP contribution in [0.15, 0.2) is 85.1 Å².